The lowest BCUT2D eigenvalue weighted by Gasteiger charge is -2.35. The molecule has 0 amide bonds. The summed E-state index contributed by atoms with van der Waals surface area (Å²) in [6.07, 6.45) is -4.55. The molecule has 0 saturated carbocycles. The molecule has 0 bridgehead atoms. The van der Waals surface area contributed by atoms with Crippen molar-refractivity contribution in [2.45, 2.75) is 32.5 Å². The molecule has 0 unspecified atom stereocenters. The van der Waals surface area contributed by atoms with Crippen LogP contribution in [0.25, 0.3) is 0 Å². The summed E-state index contributed by atoms with van der Waals surface area (Å²) in [5, 5.41) is 12.0. The number of hydrogen-bond donors (Lipinski definition) is 2. The zero-order valence-corrected chi connectivity index (χ0v) is 11.9. The summed E-state index contributed by atoms with van der Waals surface area (Å²) < 4.78 is 38.5. The average Bonchev–Trinajstić information content (AvgIpc) is 2.36. The summed E-state index contributed by atoms with van der Waals surface area (Å²) in [7, 11) is 1.58. The van der Waals surface area contributed by atoms with Gasteiger partial charge in [0.15, 0.2) is 5.69 Å². The molecule has 0 aliphatic carbocycles. The van der Waals surface area contributed by atoms with Gasteiger partial charge in [0.1, 0.15) is 5.82 Å². The third kappa shape index (κ3) is 3.72. The van der Waals surface area contributed by atoms with Gasteiger partial charge in [-0.05, 0) is 20.8 Å². The first kappa shape index (κ1) is 16.5. The van der Waals surface area contributed by atoms with Crippen molar-refractivity contribution in [1.29, 1.82) is 0 Å². The largest absolute Gasteiger partial charge is 0.433 e. The molecule has 0 aliphatic rings. The van der Waals surface area contributed by atoms with Crippen LogP contribution in [0, 0.1) is 0 Å². The third-order valence-electron chi connectivity index (χ3n) is 2.98. The number of halogens is 3. The second kappa shape index (κ2) is 5.82. The van der Waals surface area contributed by atoms with Gasteiger partial charge in [-0.2, -0.15) is 18.2 Å². The molecule has 8 heteroatoms. The molecule has 0 atom stereocenters. The van der Waals surface area contributed by atoms with Crippen LogP contribution >= 0.6 is 0 Å². The highest BCUT2D eigenvalue weighted by Gasteiger charge is 2.35. The van der Waals surface area contributed by atoms with Crippen molar-refractivity contribution in [2.75, 3.05) is 30.4 Å². The highest BCUT2D eigenvalue weighted by molar-refractivity contribution is 5.47. The number of anilines is 2. The molecule has 1 aromatic heterocycles. The Morgan fingerprint density at radius 2 is 1.90 bits per heavy atom. The second-order valence-corrected chi connectivity index (χ2v) is 4.99. The molecule has 0 fully saturated rings. The molecule has 5 nitrogen and oxygen atoms in total. The molecule has 0 saturated heterocycles. The van der Waals surface area contributed by atoms with Crippen molar-refractivity contribution >= 4 is 11.8 Å². The zero-order valence-electron chi connectivity index (χ0n) is 11.9. The number of alkyl halides is 3. The van der Waals surface area contributed by atoms with E-state index in [4.69, 9.17) is 0 Å². The number of likely N-dealkylation sites (N-methyl/N-ethyl adjacent to an activating group) is 1. The van der Waals surface area contributed by atoms with E-state index in [9.17, 15) is 18.3 Å². The van der Waals surface area contributed by atoms with Gasteiger partial charge in [-0.3, -0.25) is 0 Å². The van der Waals surface area contributed by atoms with Crippen LogP contribution in [-0.2, 0) is 6.18 Å². The van der Waals surface area contributed by atoms with Crippen LogP contribution in [-0.4, -0.2) is 40.8 Å². The van der Waals surface area contributed by atoms with Crippen LogP contribution < -0.4 is 10.2 Å². The standard InChI is InChI=1S/C12H19F3N4O/c1-5-16-10-17-8(12(13,14)15)6-9(18-10)19(4)11(2,3)7-20/h6,20H,5,7H2,1-4H3,(H,16,17,18). The molecule has 114 valence electrons. The van der Waals surface area contributed by atoms with E-state index >= 15 is 0 Å². The Hall–Kier alpha value is -1.57. The number of rotatable bonds is 5. The number of nitrogens with zero attached hydrogens (tertiary/aromatic N) is 3. The van der Waals surface area contributed by atoms with Gasteiger partial charge in [-0.1, -0.05) is 0 Å². The lowest BCUT2D eigenvalue weighted by atomic mass is 10.1. The Balaban J connectivity index is 3.28. The molecule has 0 aromatic carbocycles. The Bertz CT molecular complexity index is 463. The van der Waals surface area contributed by atoms with Gasteiger partial charge in [-0.25, -0.2) is 4.98 Å². The molecule has 2 N–H and O–H groups in total. The van der Waals surface area contributed by atoms with Crippen molar-refractivity contribution in [3.8, 4) is 0 Å². The van der Waals surface area contributed by atoms with Crippen LogP contribution in [0.15, 0.2) is 6.07 Å². The molecular formula is C12H19F3N4O. The minimum absolute atomic E-state index is 0.0853. The average molecular weight is 292 g/mol. The van der Waals surface area contributed by atoms with Gasteiger partial charge in [0, 0.05) is 19.7 Å². The summed E-state index contributed by atoms with van der Waals surface area (Å²) in [6, 6.07) is 0.873. The summed E-state index contributed by atoms with van der Waals surface area (Å²) in [4.78, 5) is 8.98. The minimum Gasteiger partial charge on any atom is -0.394 e. The fraction of sp³-hybridized carbons (Fsp3) is 0.667. The highest BCUT2D eigenvalue weighted by Crippen LogP contribution is 2.31. The monoisotopic (exact) mass is 292 g/mol. The van der Waals surface area contributed by atoms with Crippen molar-refractivity contribution in [1.82, 2.24) is 9.97 Å². The van der Waals surface area contributed by atoms with Crippen molar-refractivity contribution in [3.05, 3.63) is 11.8 Å². The van der Waals surface area contributed by atoms with E-state index < -0.39 is 17.4 Å². The number of aliphatic hydroxyl groups is 1. The van der Waals surface area contributed by atoms with Gasteiger partial charge in [0.2, 0.25) is 5.95 Å². The number of aromatic nitrogens is 2. The summed E-state index contributed by atoms with van der Waals surface area (Å²) in [5.74, 6) is 0.0141. The van der Waals surface area contributed by atoms with Crippen LogP contribution in [0.3, 0.4) is 0 Å². The summed E-state index contributed by atoms with van der Waals surface area (Å²) in [5.41, 5.74) is -1.75. The highest BCUT2D eigenvalue weighted by atomic mass is 19.4. The molecule has 0 radical (unpaired) electrons. The maximum absolute atomic E-state index is 12.8. The van der Waals surface area contributed by atoms with E-state index in [2.05, 4.69) is 15.3 Å². The van der Waals surface area contributed by atoms with Crippen molar-refractivity contribution in [2.24, 2.45) is 0 Å². The Morgan fingerprint density at radius 1 is 1.30 bits per heavy atom. The number of hydrogen-bond acceptors (Lipinski definition) is 5. The molecule has 0 aliphatic heterocycles. The summed E-state index contributed by atoms with van der Waals surface area (Å²) >= 11 is 0. The van der Waals surface area contributed by atoms with Gasteiger partial charge in [-0.15, -0.1) is 0 Å². The van der Waals surface area contributed by atoms with Crippen LogP contribution in [0.1, 0.15) is 26.5 Å². The first-order valence-electron chi connectivity index (χ1n) is 6.16. The van der Waals surface area contributed by atoms with Crippen LogP contribution in [0.5, 0.6) is 0 Å². The smallest absolute Gasteiger partial charge is 0.394 e. The zero-order chi connectivity index (χ0) is 15.6. The lowest BCUT2D eigenvalue weighted by Crippen LogP contribution is -2.45. The van der Waals surface area contributed by atoms with Gasteiger partial charge >= 0.3 is 6.18 Å². The second-order valence-electron chi connectivity index (χ2n) is 4.99. The lowest BCUT2D eigenvalue weighted by molar-refractivity contribution is -0.141. The van der Waals surface area contributed by atoms with Crippen molar-refractivity contribution in [3.63, 3.8) is 0 Å². The summed E-state index contributed by atoms with van der Waals surface area (Å²) in [6.45, 7) is 5.34. The van der Waals surface area contributed by atoms with E-state index in [1.165, 1.54) is 4.90 Å². The fourth-order valence-electron chi connectivity index (χ4n) is 1.40. The van der Waals surface area contributed by atoms with Gasteiger partial charge in [0.05, 0.1) is 12.1 Å². The molecule has 1 heterocycles. The van der Waals surface area contributed by atoms with Crippen LogP contribution in [0.4, 0.5) is 24.9 Å². The predicted molar refractivity (Wildman–Crippen MR) is 70.8 cm³/mol. The third-order valence-corrected chi connectivity index (χ3v) is 2.98. The first-order chi connectivity index (χ1) is 9.11. The van der Waals surface area contributed by atoms with E-state index in [0.29, 0.717) is 6.54 Å². The fourth-order valence-corrected chi connectivity index (χ4v) is 1.40. The SMILES string of the molecule is CCNc1nc(N(C)C(C)(C)CO)cc(C(F)(F)F)n1. The maximum Gasteiger partial charge on any atom is 0.433 e. The molecule has 20 heavy (non-hydrogen) atoms. The normalized spacial score (nSPS) is 12.4. The predicted octanol–water partition coefficient (Wildman–Crippen LogP) is 2.13. The molecule has 0 spiro atoms. The Labute approximate surface area is 115 Å². The maximum atomic E-state index is 12.8. The number of nitrogens with one attached hydrogen (secondary N) is 1. The minimum atomic E-state index is -4.55. The van der Waals surface area contributed by atoms with Crippen molar-refractivity contribution < 1.29 is 18.3 Å². The van der Waals surface area contributed by atoms with Gasteiger partial charge in [0.25, 0.3) is 0 Å². The molecule has 1 rings (SSSR count). The van der Waals surface area contributed by atoms with Crippen LogP contribution in [0.2, 0.25) is 0 Å². The molecule has 1 aromatic rings. The molecular weight excluding hydrogens is 273 g/mol. The van der Waals surface area contributed by atoms with E-state index in [1.807, 2.05) is 0 Å². The quantitative estimate of drug-likeness (QED) is 0.870. The van der Waals surface area contributed by atoms with E-state index in [0.717, 1.165) is 6.07 Å². The van der Waals surface area contributed by atoms with E-state index in [-0.39, 0.29) is 18.4 Å². The Kier molecular flexibility index (Phi) is 4.80. The van der Waals surface area contributed by atoms with Gasteiger partial charge < -0.3 is 15.3 Å². The topological polar surface area (TPSA) is 61.3 Å². The number of aliphatic hydroxyl groups excluding tert-OH is 1. The Morgan fingerprint density at radius 3 is 2.35 bits per heavy atom. The first-order valence-corrected chi connectivity index (χ1v) is 6.16. The van der Waals surface area contributed by atoms with E-state index in [1.54, 1.807) is 27.8 Å².